The molecule has 0 aliphatic rings. The van der Waals surface area contributed by atoms with Gasteiger partial charge in [-0.25, -0.2) is 0 Å². The summed E-state index contributed by atoms with van der Waals surface area (Å²) in [4.78, 5) is 4.63. The van der Waals surface area contributed by atoms with Crippen molar-refractivity contribution in [2.45, 2.75) is 78.1 Å². The van der Waals surface area contributed by atoms with E-state index in [2.05, 4.69) is 29.0 Å². The van der Waals surface area contributed by atoms with Crippen LogP contribution < -0.4 is 9.47 Å². The largest absolute Gasteiger partial charge is 0.494 e. The van der Waals surface area contributed by atoms with E-state index in [1.807, 2.05) is 54.7 Å². The normalized spacial score (nSPS) is 11.0. The number of benzene rings is 1. The maximum atomic E-state index is 5.86. The molecular formula is C31H43N3O3. The van der Waals surface area contributed by atoms with Crippen LogP contribution in [0.5, 0.6) is 11.6 Å². The molecule has 2 heterocycles. The summed E-state index contributed by atoms with van der Waals surface area (Å²) in [5.74, 6) is 1.45. The van der Waals surface area contributed by atoms with E-state index in [0.29, 0.717) is 19.1 Å². The van der Waals surface area contributed by atoms with Gasteiger partial charge in [-0.1, -0.05) is 52.4 Å². The summed E-state index contributed by atoms with van der Waals surface area (Å²) in [6.07, 6.45) is 13.6. The summed E-state index contributed by atoms with van der Waals surface area (Å²) in [5, 5.41) is 8.55. The van der Waals surface area contributed by atoms with Gasteiger partial charge in [0.1, 0.15) is 5.75 Å². The summed E-state index contributed by atoms with van der Waals surface area (Å²) in [6, 6.07) is 15.9. The van der Waals surface area contributed by atoms with Gasteiger partial charge in [0.05, 0.1) is 24.6 Å². The van der Waals surface area contributed by atoms with Crippen molar-refractivity contribution < 1.29 is 14.2 Å². The molecule has 0 fully saturated rings. The minimum absolute atomic E-state index is 0.574. The first-order valence-electron chi connectivity index (χ1n) is 14.0. The number of aromatic nitrogens is 3. The van der Waals surface area contributed by atoms with Gasteiger partial charge in [0.2, 0.25) is 5.88 Å². The lowest BCUT2D eigenvalue weighted by Crippen LogP contribution is -2.01. The number of hydrogen-bond donors (Lipinski definition) is 0. The number of rotatable bonds is 19. The van der Waals surface area contributed by atoms with E-state index >= 15 is 0 Å². The van der Waals surface area contributed by atoms with Crippen LogP contribution in [0.4, 0.5) is 0 Å². The topological polar surface area (TPSA) is 66.4 Å². The smallest absolute Gasteiger partial charge is 0.233 e. The van der Waals surface area contributed by atoms with Gasteiger partial charge in [0, 0.05) is 36.6 Å². The average Bonchev–Trinajstić information content (AvgIpc) is 2.95. The molecule has 3 aromatic rings. The van der Waals surface area contributed by atoms with Crippen LogP contribution in [0.1, 0.15) is 78.1 Å². The van der Waals surface area contributed by atoms with E-state index < -0.39 is 0 Å². The third-order valence-corrected chi connectivity index (χ3v) is 6.19. The van der Waals surface area contributed by atoms with Crippen molar-refractivity contribution >= 4 is 0 Å². The van der Waals surface area contributed by atoms with Gasteiger partial charge >= 0.3 is 0 Å². The third kappa shape index (κ3) is 10.9. The van der Waals surface area contributed by atoms with E-state index in [0.717, 1.165) is 67.2 Å². The first-order valence-corrected chi connectivity index (χ1v) is 14.0. The molecule has 1 aromatic carbocycles. The Kier molecular flexibility index (Phi) is 13.5. The van der Waals surface area contributed by atoms with Crippen molar-refractivity contribution in [2.75, 3.05) is 26.4 Å². The van der Waals surface area contributed by atoms with E-state index in [9.17, 15) is 0 Å². The molecule has 3 rings (SSSR count). The Labute approximate surface area is 222 Å². The molecule has 0 saturated carbocycles. The highest BCUT2D eigenvalue weighted by molar-refractivity contribution is 5.64. The Hall–Kier alpha value is -2.99. The highest BCUT2D eigenvalue weighted by Gasteiger charge is 2.05. The Morgan fingerprint density at radius 2 is 1.19 bits per heavy atom. The number of hydrogen-bond acceptors (Lipinski definition) is 6. The average molecular weight is 506 g/mol. The lowest BCUT2D eigenvalue weighted by Gasteiger charge is -2.08. The molecular weight excluding hydrogens is 462 g/mol. The Morgan fingerprint density at radius 1 is 0.541 bits per heavy atom. The number of pyridine rings is 1. The number of ether oxygens (including phenoxy) is 3. The van der Waals surface area contributed by atoms with E-state index in [1.165, 1.54) is 38.5 Å². The second-order valence-electron chi connectivity index (χ2n) is 9.35. The second kappa shape index (κ2) is 17.5. The molecule has 6 nitrogen and oxygen atoms in total. The molecule has 6 heteroatoms. The van der Waals surface area contributed by atoms with Crippen LogP contribution in [-0.2, 0) is 4.74 Å². The van der Waals surface area contributed by atoms with Crippen LogP contribution >= 0.6 is 0 Å². The molecule has 2 aromatic heterocycles. The van der Waals surface area contributed by atoms with Crippen molar-refractivity contribution in [3.63, 3.8) is 0 Å². The van der Waals surface area contributed by atoms with E-state index in [-0.39, 0.29) is 0 Å². The van der Waals surface area contributed by atoms with Gasteiger partial charge < -0.3 is 14.2 Å². The summed E-state index contributed by atoms with van der Waals surface area (Å²) >= 11 is 0. The van der Waals surface area contributed by atoms with Gasteiger partial charge in [0.15, 0.2) is 0 Å². The molecule has 0 N–H and O–H groups in total. The van der Waals surface area contributed by atoms with Gasteiger partial charge in [-0.3, -0.25) is 4.98 Å². The molecule has 0 atom stereocenters. The molecule has 0 saturated heterocycles. The zero-order valence-electron chi connectivity index (χ0n) is 22.7. The maximum Gasteiger partial charge on any atom is 0.233 e. The fourth-order valence-electron chi connectivity index (χ4n) is 3.89. The zero-order valence-corrected chi connectivity index (χ0v) is 22.7. The standard InChI is InChI=1S/C31H43N3O3/c1-3-5-7-8-9-10-24-37-31-20-19-30(33-34-31)27-15-18-29(32-25-27)26-13-16-28(17-14-26)36-23-12-11-22-35-21-6-4-2/h13-20,25H,3-12,21-24H2,1-2H3. The fourth-order valence-corrected chi connectivity index (χ4v) is 3.89. The van der Waals surface area contributed by atoms with Gasteiger partial charge in [-0.05, 0) is 68.1 Å². The second-order valence-corrected chi connectivity index (χ2v) is 9.35. The van der Waals surface area contributed by atoms with Crippen LogP contribution in [0.25, 0.3) is 22.5 Å². The minimum atomic E-state index is 0.574. The molecule has 0 aliphatic heterocycles. The van der Waals surface area contributed by atoms with Crippen LogP contribution in [0.3, 0.4) is 0 Å². The van der Waals surface area contributed by atoms with Crippen molar-refractivity contribution in [1.82, 2.24) is 15.2 Å². The van der Waals surface area contributed by atoms with Gasteiger partial charge in [-0.2, -0.15) is 0 Å². The highest BCUT2D eigenvalue weighted by atomic mass is 16.5. The van der Waals surface area contributed by atoms with Gasteiger partial charge in [-0.15, -0.1) is 10.2 Å². The summed E-state index contributed by atoms with van der Waals surface area (Å²) in [5.41, 5.74) is 3.67. The highest BCUT2D eigenvalue weighted by Crippen LogP contribution is 2.24. The molecule has 200 valence electrons. The van der Waals surface area contributed by atoms with E-state index in [4.69, 9.17) is 14.2 Å². The summed E-state index contributed by atoms with van der Waals surface area (Å²) in [6.45, 7) is 7.48. The molecule has 37 heavy (non-hydrogen) atoms. The van der Waals surface area contributed by atoms with Crippen LogP contribution in [0.2, 0.25) is 0 Å². The minimum Gasteiger partial charge on any atom is -0.494 e. The SMILES string of the molecule is CCCCCCCCOc1ccc(-c2ccc(-c3ccc(OCCCCOCCCC)cc3)nc2)nn1. The van der Waals surface area contributed by atoms with Crippen molar-refractivity contribution in [1.29, 1.82) is 0 Å². The Bertz CT molecular complexity index is 976. The quantitative estimate of drug-likeness (QED) is 0.154. The molecule has 0 unspecified atom stereocenters. The number of nitrogens with zero attached hydrogens (tertiary/aromatic N) is 3. The molecule has 0 bridgehead atoms. The molecule has 0 radical (unpaired) electrons. The first kappa shape index (κ1) is 28.6. The van der Waals surface area contributed by atoms with Crippen LogP contribution in [0.15, 0.2) is 54.7 Å². The predicted octanol–water partition coefficient (Wildman–Crippen LogP) is 7.92. The van der Waals surface area contributed by atoms with Crippen molar-refractivity contribution in [2.24, 2.45) is 0 Å². The van der Waals surface area contributed by atoms with Crippen molar-refractivity contribution in [3.05, 3.63) is 54.7 Å². The Balaban J connectivity index is 1.39. The molecule has 0 amide bonds. The maximum absolute atomic E-state index is 5.86. The molecule has 0 aliphatic carbocycles. The fraction of sp³-hybridized carbons (Fsp3) is 0.516. The summed E-state index contributed by atoms with van der Waals surface area (Å²) in [7, 11) is 0. The number of unbranched alkanes of at least 4 members (excludes halogenated alkanes) is 7. The molecule has 0 spiro atoms. The monoisotopic (exact) mass is 505 g/mol. The van der Waals surface area contributed by atoms with E-state index in [1.54, 1.807) is 0 Å². The van der Waals surface area contributed by atoms with Crippen LogP contribution in [-0.4, -0.2) is 41.6 Å². The first-order chi connectivity index (χ1) is 18.3. The third-order valence-electron chi connectivity index (χ3n) is 6.19. The Morgan fingerprint density at radius 3 is 1.92 bits per heavy atom. The lowest BCUT2D eigenvalue weighted by molar-refractivity contribution is 0.123. The zero-order chi connectivity index (χ0) is 26.0. The summed E-state index contributed by atoms with van der Waals surface area (Å²) < 4.78 is 17.2. The lowest BCUT2D eigenvalue weighted by atomic mass is 10.1. The predicted molar refractivity (Wildman–Crippen MR) is 150 cm³/mol. The van der Waals surface area contributed by atoms with Gasteiger partial charge in [0.25, 0.3) is 0 Å². The van der Waals surface area contributed by atoms with Crippen molar-refractivity contribution in [3.8, 4) is 34.1 Å². The van der Waals surface area contributed by atoms with Crippen LogP contribution in [0, 0.1) is 0 Å².